The lowest BCUT2D eigenvalue weighted by molar-refractivity contribution is -0.135. The van der Waals surface area contributed by atoms with Crippen molar-refractivity contribution < 1.29 is 59.4 Å². The number of hydrogen-bond acceptors (Lipinski definition) is 12. The molecule has 0 heterocycles. The van der Waals surface area contributed by atoms with E-state index in [-0.39, 0.29) is 78.7 Å². The standard InChI is InChI=1S/C56H48B4O12Si/c61-49(33-37-17-25-41(26-18-37)57-69-65)45-9-1-5-13-53(45)73(54-14-6-2-10-46(54)50(62)34-38-19-27-42(28-20-38)58-70-66,55-15-7-3-11-47(55)51(63)35-39-21-29-43(30-22-39)59-71-67)56-16-8-4-12-48(56)52(64)36-40-23-31-44(32-24-40)60-72-68/h1-32,57-60,65-68H,33-36H2. The van der Waals surface area contributed by atoms with E-state index in [4.69, 9.17) is 21.0 Å². The van der Waals surface area contributed by atoms with Crippen molar-refractivity contribution in [3.63, 3.8) is 0 Å². The van der Waals surface area contributed by atoms with E-state index >= 15 is 19.2 Å². The summed E-state index contributed by atoms with van der Waals surface area (Å²) in [5.41, 5.74) is 6.96. The normalized spacial score (nSPS) is 11.1. The first kappa shape index (κ1) is 51.9. The molecule has 0 fully saturated rings. The smallest absolute Gasteiger partial charge is 0.306 e. The first-order chi connectivity index (χ1) is 35.7. The molecule has 0 aliphatic carbocycles. The maximum atomic E-state index is 15.3. The van der Waals surface area contributed by atoms with Crippen LogP contribution >= 0.6 is 0 Å². The summed E-state index contributed by atoms with van der Waals surface area (Å²) in [7, 11) is -4.46. The van der Waals surface area contributed by atoms with Gasteiger partial charge in [-0.25, -0.2) is 0 Å². The van der Waals surface area contributed by atoms with Crippen molar-refractivity contribution >= 4 is 104 Å². The fraction of sp³-hybridized carbons (Fsp3) is 0.0714. The Balaban J connectivity index is 1.41. The predicted molar refractivity (Wildman–Crippen MR) is 290 cm³/mol. The average Bonchev–Trinajstić information content (AvgIpc) is 3.42. The summed E-state index contributed by atoms with van der Waals surface area (Å²) in [6.07, 6.45) is -0.129. The molecular weight excluding hydrogens is 936 g/mol. The van der Waals surface area contributed by atoms with Crippen LogP contribution in [0.4, 0.5) is 0 Å². The van der Waals surface area contributed by atoms with E-state index in [1.54, 1.807) is 146 Å². The molecule has 0 amide bonds. The SMILES string of the molecule is O=C(Cc1ccc(BOO)cc1)c1ccccc1[Si](c1ccccc1C(=O)Cc1ccc(BOO)cc1)(c1ccccc1C(=O)Cc1ccc(BOO)cc1)c1ccccc1C(=O)Cc1ccc(BOO)cc1. The van der Waals surface area contributed by atoms with Crippen LogP contribution in [0.2, 0.25) is 0 Å². The van der Waals surface area contributed by atoms with Gasteiger partial charge in [0, 0.05) is 47.9 Å². The molecule has 73 heavy (non-hydrogen) atoms. The molecule has 17 heteroatoms. The largest absolute Gasteiger partial charge is 0.355 e. The maximum absolute atomic E-state index is 15.3. The molecular formula is C56H48B4O12Si. The van der Waals surface area contributed by atoms with Gasteiger partial charge in [-0.2, -0.15) is 0 Å². The van der Waals surface area contributed by atoms with Gasteiger partial charge >= 0.3 is 29.9 Å². The summed E-state index contributed by atoms with van der Waals surface area (Å²) in [4.78, 5) is 78.5. The third kappa shape index (κ3) is 12.1. The third-order valence-electron chi connectivity index (χ3n) is 13.0. The summed E-state index contributed by atoms with van der Waals surface area (Å²) >= 11 is 0. The molecule has 0 saturated heterocycles. The molecule has 0 unspecified atom stereocenters. The molecule has 8 aromatic rings. The van der Waals surface area contributed by atoms with Gasteiger partial charge < -0.3 is 19.2 Å². The van der Waals surface area contributed by atoms with Crippen LogP contribution in [-0.4, -0.2) is 82.2 Å². The molecule has 4 N–H and O–H groups in total. The molecule has 8 aromatic carbocycles. The highest BCUT2D eigenvalue weighted by Crippen LogP contribution is 2.22. The van der Waals surface area contributed by atoms with Crippen LogP contribution in [0.3, 0.4) is 0 Å². The van der Waals surface area contributed by atoms with Crippen LogP contribution in [0.15, 0.2) is 194 Å². The first-order valence-corrected chi connectivity index (χ1v) is 25.5. The Morgan fingerprint density at radius 1 is 0.301 bits per heavy atom. The van der Waals surface area contributed by atoms with Gasteiger partial charge in [0.15, 0.2) is 31.2 Å². The van der Waals surface area contributed by atoms with Gasteiger partial charge in [-0.1, -0.05) is 194 Å². The molecule has 0 bridgehead atoms. The number of Topliss-reactive ketones (excluding diaryl/α,β-unsaturated/α-hetero) is 4. The second-order valence-corrected chi connectivity index (χ2v) is 21.3. The summed E-state index contributed by atoms with van der Waals surface area (Å²) < 4.78 is 0. The fourth-order valence-electron chi connectivity index (χ4n) is 9.52. The van der Waals surface area contributed by atoms with Gasteiger partial charge in [0.05, 0.1) is 0 Å². The Morgan fingerprint density at radius 3 is 0.685 bits per heavy atom. The molecule has 0 atom stereocenters. The van der Waals surface area contributed by atoms with Crippen LogP contribution < -0.4 is 42.6 Å². The van der Waals surface area contributed by atoms with E-state index in [1.807, 2.05) is 48.5 Å². The molecule has 360 valence electrons. The minimum Gasteiger partial charge on any atom is -0.306 e. The highest BCUT2D eigenvalue weighted by Gasteiger charge is 2.49. The highest BCUT2D eigenvalue weighted by atomic mass is 28.3. The van der Waals surface area contributed by atoms with Crippen LogP contribution in [0.1, 0.15) is 63.7 Å². The fourth-order valence-corrected chi connectivity index (χ4v) is 15.2. The molecule has 12 nitrogen and oxygen atoms in total. The predicted octanol–water partition coefficient (Wildman–Crippen LogP) is 2.63. The molecule has 0 aliphatic heterocycles. The molecule has 0 aliphatic rings. The van der Waals surface area contributed by atoms with Crippen molar-refractivity contribution in [2.75, 3.05) is 0 Å². The zero-order valence-corrected chi connectivity index (χ0v) is 40.7. The Morgan fingerprint density at radius 2 is 0.493 bits per heavy atom. The lowest BCUT2D eigenvalue weighted by atomic mass is 9.87. The molecule has 0 saturated carbocycles. The third-order valence-corrected chi connectivity index (χ3v) is 18.0. The van der Waals surface area contributed by atoms with Crippen molar-refractivity contribution in [3.8, 4) is 0 Å². The van der Waals surface area contributed by atoms with Crippen molar-refractivity contribution in [1.29, 1.82) is 0 Å². The lowest BCUT2D eigenvalue weighted by Gasteiger charge is -2.39. The molecule has 8 rings (SSSR count). The number of carbonyl (C=O) groups is 4. The molecule has 0 spiro atoms. The number of carbonyl (C=O) groups excluding carboxylic acids is 4. The van der Waals surface area contributed by atoms with Gasteiger partial charge in [0.2, 0.25) is 0 Å². The average molecular weight is 984 g/mol. The highest BCUT2D eigenvalue weighted by molar-refractivity contribution is 7.21. The Bertz CT molecular complexity index is 2780. The van der Waals surface area contributed by atoms with Crippen LogP contribution in [0.5, 0.6) is 0 Å². The summed E-state index contributed by atoms with van der Waals surface area (Å²) in [6.45, 7) is 0. The van der Waals surface area contributed by atoms with Crippen molar-refractivity contribution in [1.82, 2.24) is 0 Å². The van der Waals surface area contributed by atoms with Gasteiger partial charge in [0.25, 0.3) is 0 Å². The van der Waals surface area contributed by atoms with Crippen molar-refractivity contribution in [3.05, 3.63) is 239 Å². The van der Waals surface area contributed by atoms with Crippen molar-refractivity contribution in [2.24, 2.45) is 0 Å². The van der Waals surface area contributed by atoms with E-state index in [0.29, 0.717) is 87.1 Å². The van der Waals surface area contributed by atoms with Gasteiger partial charge in [-0.05, 0) is 64.9 Å². The Kier molecular flexibility index (Phi) is 17.7. The summed E-state index contributed by atoms with van der Waals surface area (Å²) in [5, 5.41) is 38.6. The molecule has 0 radical (unpaired) electrons. The van der Waals surface area contributed by atoms with Gasteiger partial charge in [-0.3, -0.25) is 40.2 Å². The zero-order chi connectivity index (χ0) is 51.2. The minimum absolute atomic E-state index is 0.0302. The minimum atomic E-state index is -4.34. The summed E-state index contributed by atoms with van der Waals surface area (Å²) in [6, 6.07) is 57.6. The second kappa shape index (κ2) is 24.8. The van der Waals surface area contributed by atoms with E-state index in [2.05, 4.69) is 19.2 Å². The van der Waals surface area contributed by atoms with Gasteiger partial charge in [-0.15, -0.1) is 0 Å². The Labute approximate surface area is 425 Å². The Hall–Kier alpha value is -7.40. The first-order valence-electron chi connectivity index (χ1n) is 23.5. The lowest BCUT2D eigenvalue weighted by Crippen LogP contribution is -2.78. The molecule has 0 aromatic heterocycles. The van der Waals surface area contributed by atoms with Crippen LogP contribution in [0, 0.1) is 0 Å². The quantitative estimate of drug-likeness (QED) is 0.0229. The van der Waals surface area contributed by atoms with Crippen molar-refractivity contribution in [2.45, 2.75) is 25.7 Å². The second-order valence-electron chi connectivity index (χ2n) is 17.7. The van der Waals surface area contributed by atoms with Crippen LogP contribution in [-0.2, 0) is 44.9 Å². The summed E-state index contributed by atoms with van der Waals surface area (Å²) in [5.74, 6) is -0.997. The number of rotatable bonds is 24. The van der Waals surface area contributed by atoms with E-state index in [0.717, 1.165) is 0 Å². The van der Waals surface area contributed by atoms with E-state index < -0.39 is 8.07 Å². The number of benzene rings is 8. The monoisotopic (exact) mass is 984 g/mol. The van der Waals surface area contributed by atoms with Crippen LogP contribution in [0.25, 0.3) is 0 Å². The van der Waals surface area contributed by atoms with E-state index in [9.17, 15) is 0 Å². The van der Waals surface area contributed by atoms with E-state index in [1.165, 1.54) is 0 Å². The number of hydrogen-bond donors (Lipinski definition) is 4. The maximum Gasteiger partial charge on any atom is 0.355 e. The zero-order valence-electron chi connectivity index (χ0n) is 39.7. The topological polar surface area (TPSA) is 186 Å². The van der Waals surface area contributed by atoms with Gasteiger partial charge in [0.1, 0.15) is 0 Å². The number of ketones is 4.